The van der Waals surface area contributed by atoms with Gasteiger partial charge in [-0.15, -0.1) is 0 Å². The molecule has 0 saturated carbocycles. The number of nitrogens with one attached hydrogen (secondary N) is 2. The van der Waals surface area contributed by atoms with E-state index in [0.717, 1.165) is 12.8 Å². The Morgan fingerprint density at radius 1 is 1.20 bits per heavy atom. The van der Waals surface area contributed by atoms with E-state index in [1.807, 2.05) is 6.92 Å². The number of benzene rings is 1. The second-order valence-electron chi connectivity index (χ2n) is 5.47. The van der Waals surface area contributed by atoms with E-state index in [4.69, 9.17) is 0 Å². The number of aromatic nitrogens is 2. The van der Waals surface area contributed by atoms with Crippen molar-refractivity contribution in [2.45, 2.75) is 24.7 Å². The zero-order chi connectivity index (χ0) is 18.4. The topological polar surface area (TPSA) is 112 Å². The number of unbranched alkanes of at least 4 members (excludes halogenated alkanes) is 1. The van der Waals surface area contributed by atoms with Crippen LogP contribution in [0.5, 0.6) is 0 Å². The van der Waals surface area contributed by atoms with Gasteiger partial charge in [0.05, 0.1) is 4.90 Å². The minimum Gasteiger partial charge on any atom is -0.321 e. The molecule has 0 unspecified atom stereocenters. The Labute approximate surface area is 145 Å². The lowest BCUT2D eigenvalue weighted by molar-refractivity contribution is 0.102. The molecule has 1 heterocycles. The largest absolute Gasteiger partial charge is 0.321 e. The molecule has 2 rings (SSSR count). The Morgan fingerprint density at radius 3 is 2.44 bits per heavy atom. The van der Waals surface area contributed by atoms with Crippen LogP contribution in [-0.4, -0.2) is 42.4 Å². The van der Waals surface area contributed by atoms with Crippen LogP contribution in [0.25, 0.3) is 0 Å². The van der Waals surface area contributed by atoms with E-state index in [-0.39, 0.29) is 10.6 Å². The van der Waals surface area contributed by atoms with Crippen molar-refractivity contribution in [3.05, 3.63) is 52.4 Å². The van der Waals surface area contributed by atoms with Gasteiger partial charge in [0, 0.05) is 25.3 Å². The summed E-state index contributed by atoms with van der Waals surface area (Å²) in [5.41, 5.74) is 0.0714. The highest BCUT2D eigenvalue weighted by Gasteiger charge is 2.20. The molecule has 0 saturated heterocycles. The molecule has 134 valence electrons. The minimum atomic E-state index is -3.54. The second-order valence-corrected chi connectivity index (χ2v) is 7.51. The first kappa shape index (κ1) is 18.8. The van der Waals surface area contributed by atoms with Crippen LogP contribution < -0.4 is 10.9 Å². The van der Waals surface area contributed by atoms with E-state index in [9.17, 15) is 18.0 Å². The van der Waals surface area contributed by atoms with Crippen molar-refractivity contribution in [2.75, 3.05) is 18.9 Å². The van der Waals surface area contributed by atoms with Gasteiger partial charge >= 0.3 is 0 Å². The molecule has 8 nitrogen and oxygen atoms in total. The van der Waals surface area contributed by atoms with E-state index < -0.39 is 21.5 Å². The lowest BCUT2D eigenvalue weighted by Gasteiger charge is -2.17. The molecule has 0 atom stereocenters. The van der Waals surface area contributed by atoms with E-state index in [1.165, 1.54) is 40.7 Å². The van der Waals surface area contributed by atoms with Crippen molar-refractivity contribution >= 4 is 21.6 Å². The van der Waals surface area contributed by atoms with Crippen LogP contribution in [-0.2, 0) is 10.0 Å². The number of aromatic amines is 1. The van der Waals surface area contributed by atoms with Gasteiger partial charge in [0.25, 0.3) is 11.5 Å². The lowest BCUT2D eigenvalue weighted by Crippen LogP contribution is -2.27. The predicted octanol–water partition coefficient (Wildman–Crippen LogP) is 1.44. The molecule has 1 aromatic carbocycles. The maximum Gasteiger partial charge on any atom is 0.276 e. The standard InChI is InChI=1S/C16H20N4O4S/c1-3-4-11-20(2)25(23,24)13-7-5-12(6-8-13)17-16(22)14-9-10-15(21)19-18-14/h5-10H,3-4,11H2,1-2H3,(H,17,22)(H,19,21). The zero-order valence-corrected chi connectivity index (χ0v) is 14.8. The number of H-pyrrole nitrogens is 1. The molecule has 0 radical (unpaired) electrons. The molecule has 0 aliphatic carbocycles. The van der Waals surface area contributed by atoms with Gasteiger partial charge in [-0.25, -0.2) is 17.8 Å². The van der Waals surface area contributed by atoms with Crippen LogP contribution in [0.4, 0.5) is 5.69 Å². The first-order valence-corrected chi connectivity index (χ1v) is 9.22. The quantitative estimate of drug-likeness (QED) is 0.772. The second kappa shape index (κ2) is 8.04. The van der Waals surface area contributed by atoms with E-state index in [1.54, 1.807) is 7.05 Å². The van der Waals surface area contributed by atoms with Gasteiger partial charge in [0.2, 0.25) is 10.0 Å². The molecule has 1 aromatic heterocycles. The van der Waals surface area contributed by atoms with Gasteiger partial charge in [-0.2, -0.15) is 5.10 Å². The number of carbonyl (C=O) groups excluding carboxylic acids is 1. The summed E-state index contributed by atoms with van der Waals surface area (Å²) in [6.45, 7) is 2.45. The monoisotopic (exact) mass is 364 g/mol. The predicted molar refractivity (Wildman–Crippen MR) is 94.0 cm³/mol. The molecule has 0 aliphatic heterocycles. The first-order chi connectivity index (χ1) is 11.8. The van der Waals surface area contributed by atoms with E-state index >= 15 is 0 Å². The maximum absolute atomic E-state index is 12.4. The number of rotatable bonds is 7. The Hall–Kier alpha value is -2.52. The molecular weight excluding hydrogens is 344 g/mol. The van der Waals surface area contributed by atoms with Crippen molar-refractivity contribution in [2.24, 2.45) is 0 Å². The molecule has 0 spiro atoms. The molecule has 0 aliphatic rings. The third-order valence-corrected chi connectivity index (χ3v) is 5.43. The van der Waals surface area contributed by atoms with Crippen molar-refractivity contribution in [1.29, 1.82) is 0 Å². The van der Waals surface area contributed by atoms with E-state index in [2.05, 4.69) is 15.5 Å². The Kier molecular flexibility index (Phi) is 6.05. The first-order valence-electron chi connectivity index (χ1n) is 7.78. The summed E-state index contributed by atoms with van der Waals surface area (Å²) >= 11 is 0. The normalized spacial score (nSPS) is 11.5. The fraction of sp³-hybridized carbons (Fsp3) is 0.312. The minimum absolute atomic E-state index is 0.0515. The summed E-state index contributed by atoms with van der Waals surface area (Å²) in [6, 6.07) is 8.38. The van der Waals surface area contributed by atoms with Crippen molar-refractivity contribution in [1.82, 2.24) is 14.5 Å². The fourth-order valence-electron chi connectivity index (χ4n) is 2.06. The number of amides is 1. The summed E-state index contributed by atoms with van der Waals surface area (Å²) in [7, 11) is -2.00. The van der Waals surface area contributed by atoms with Gasteiger partial charge < -0.3 is 5.32 Å². The van der Waals surface area contributed by atoms with E-state index in [0.29, 0.717) is 12.2 Å². The molecular formula is C16H20N4O4S. The van der Waals surface area contributed by atoms with Gasteiger partial charge in [-0.1, -0.05) is 13.3 Å². The van der Waals surface area contributed by atoms with Crippen LogP contribution >= 0.6 is 0 Å². The summed E-state index contributed by atoms with van der Waals surface area (Å²) in [6.07, 6.45) is 1.69. The SMILES string of the molecule is CCCCN(C)S(=O)(=O)c1ccc(NC(=O)c2ccc(=O)[nH]n2)cc1. The molecule has 1 amide bonds. The molecule has 2 aromatic rings. The summed E-state index contributed by atoms with van der Waals surface area (Å²) < 4.78 is 26.2. The third-order valence-electron chi connectivity index (χ3n) is 3.56. The summed E-state index contributed by atoms with van der Waals surface area (Å²) in [5.74, 6) is -0.507. The molecule has 0 fully saturated rings. The average Bonchev–Trinajstić information content (AvgIpc) is 2.60. The Balaban J connectivity index is 2.10. The Bertz CT molecular complexity index is 871. The highest BCUT2D eigenvalue weighted by Crippen LogP contribution is 2.18. The fourth-order valence-corrected chi connectivity index (χ4v) is 3.27. The van der Waals surface area contributed by atoms with Crippen LogP contribution in [0.1, 0.15) is 30.3 Å². The number of carbonyl (C=O) groups is 1. The lowest BCUT2D eigenvalue weighted by atomic mass is 10.3. The van der Waals surface area contributed by atoms with Crippen LogP contribution in [0, 0.1) is 0 Å². The highest BCUT2D eigenvalue weighted by atomic mass is 32.2. The molecule has 25 heavy (non-hydrogen) atoms. The van der Waals surface area contributed by atoms with Crippen molar-refractivity contribution in [3.63, 3.8) is 0 Å². The van der Waals surface area contributed by atoms with Crippen molar-refractivity contribution in [3.8, 4) is 0 Å². The van der Waals surface area contributed by atoms with Crippen LogP contribution in [0.3, 0.4) is 0 Å². The smallest absolute Gasteiger partial charge is 0.276 e. The Morgan fingerprint density at radius 2 is 1.88 bits per heavy atom. The van der Waals surface area contributed by atoms with Gasteiger partial charge in [-0.3, -0.25) is 9.59 Å². The summed E-state index contributed by atoms with van der Waals surface area (Å²) in [4.78, 5) is 23.1. The van der Waals surface area contributed by atoms with Crippen LogP contribution in [0.2, 0.25) is 0 Å². The number of hydrogen-bond donors (Lipinski definition) is 2. The number of anilines is 1. The van der Waals surface area contributed by atoms with Gasteiger partial charge in [0.1, 0.15) is 5.69 Å². The number of hydrogen-bond acceptors (Lipinski definition) is 5. The van der Waals surface area contributed by atoms with Crippen LogP contribution in [0.15, 0.2) is 46.1 Å². The van der Waals surface area contributed by atoms with Gasteiger partial charge in [-0.05, 0) is 36.8 Å². The third kappa shape index (κ3) is 4.74. The number of nitrogens with zero attached hydrogens (tertiary/aromatic N) is 2. The highest BCUT2D eigenvalue weighted by molar-refractivity contribution is 7.89. The number of sulfonamides is 1. The average molecular weight is 364 g/mol. The van der Waals surface area contributed by atoms with Crippen molar-refractivity contribution < 1.29 is 13.2 Å². The maximum atomic E-state index is 12.4. The zero-order valence-electron chi connectivity index (χ0n) is 14.0. The summed E-state index contributed by atoms with van der Waals surface area (Å²) in [5, 5.41) is 8.39. The molecule has 0 bridgehead atoms. The van der Waals surface area contributed by atoms with Gasteiger partial charge in [0.15, 0.2) is 0 Å². The molecule has 9 heteroatoms. The molecule has 2 N–H and O–H groups in total.